The SMILES string of the molecule is Nc1ncnc2c1ccn2[C@@H]1O[C@@H]2C(O)C2[C@H]1O. The third kappa shape index (κ3) is 1.13. The van der Waals surface area contributed by atoms with Crippen LogP contribution in [0.3, 0.4) is 0 Å². The molecular formula is C11H12N4O3. The Kier molecular flexibility index (Phi) is 1.82. The molecule has 7 heteroatoms. The second kappa shape index (κ2) is 3.19. The van der Waals surface area contributed by atoms with Crippen LogP contribution in [0.15, 0.2) is 18.6 Å². The number of nitrogens with two attached hydrogens (primary N) is 1. The highest BCUT2D eigenvalue weighted by Crippen LogP contribution is 2.50. The van der Waals surface area contributed by atoms with Gasteiger partial charge in [0.2, 0.25) is 0 Å². The van der Waals surface area contributed by atoms with Crippen molar-refractivity contribution in [1.82, 2.24) is 14.5 Å². The Morgan fingerprint density at radius 2 is 2.11 bits per heavy atom. The van der Waals surface area contributed by atoms with E-state index in [1.807, 2.05) is 0 Å². The van der Waals surface area contributed by atoms with Gasteiger partial charge in [-0.25, -0.2) is 9.97 Å². The number of aromatic nitrogens is 3. The van der Waals surface area contributed by atoms with Crippen LogP contribution in [0, 0.1) is 5.92 Å². The Morgan fingerprint density at radius 1 is 1.28 bits per heavy atom. The first-order valence-electron chi connectivity index (χ1n) is 5.77. The van der Waals surface area contributed by atoms with Gasteiger partial charge in [0.05, 0.1) is 17.6 Å². The number of anilines is 1. The molecule has 1 aliphatic heterocycles. The van der Waals surface area contributed by atoms with Crippen LogP contribution in [-0.2, 0) is 4.74 Å². The zero-order valence-electron chi connectivity index (χ0n) is 9.34. The fraction of sp³-hybridized carbons (Fsp3) is 0.455. The molecule has 2 aromatic rings. The van der Waals surface area contributed by atoms with Crippen LogP contribution in [0.5, 0.6) is 0 Å². The minimum atomic E-state index is -0.725. The summed E-state index contributed by atoms with van der Waals surface area (Å²) in [5.41, 5.74) is 6.38. The van der Waals surface area contributed by atoms with Crippen molar-refractivity contribution in [3.63, 3.8) is 0 Å². The fourth-order valence-electron chi connectivity index (χ4n) is 2.71. The van der Waals surface area contributed by atoms with Crippen LogP contribution in [-0.4, -0.2) is 43.1 Å². The standard InChI is InChI=1S/C11H12N4O3/c12-9-4-1-2-15(10(4)14-3-13-9)11-7(17)5-6(16)8(5)18-11/h1-3,5-8,11,16-17H,(H2,12,13,14)/t5?,6?,7-,8+,11-/m1/s1. The molecule has 0 spiro atoms. The summed E-state index contributed by atoms with van der Waals surface area (Å²) in [6.45, 7) is 0. The molecule has 5 atom stereocenters. The number of hydrogen-bond acceptors (Lipinski definition) is 6. The molecule has 0 radical (unpaired) electrons. The predicted molar refractivity (Wildman–Crippen MR) is 61.4 cm³/mol. The van der Waals surface area contributed by atoms with E-state index in [9.17, 15) is 10.2 Å². The average Bonchev–Trinajstić information content (AvgIpc) is 2.74. The Hall–Kier alpha value is -1.70. The molecule has 7 nitrogen and oxygen atoms in total. The lowest BCUT2D eigenvalue weighted by Crippen LogP contribution is -2.26. The van der Waals surface area contributed by atoms with E-state index in [1.165, 1.54) is 6.33 Å². The van der Waals surface area contributed by atoms with Crippen LogP contribution in [0.4, 0.5) is 5.82 Å². The first-order valence-corrected chi connectivity index (χ1v) is 5.77. The van der Waals surface area contributed by atoms with Crippen molar-refractivity contribution < 1.29 is 14.9 Å². The summed E-state index contributed by atoms with van der Waals surface area (Å²) in [5.74, 6) is 0.211. The van der Waals surface area contributed by atoms with E-state index in [4.69, 9.17) is 10.5 Å². The predicted octanol–water partition coefficient (Wildman–Crippen LogP) is -0.738. The second-order valence-electron chi connectivity index (χ2n) is 4.77. The van der Waals surface area contributed by atoms with E-state index < -0.39 is 18.4 Å². The highest BCUT2D eigenvalue weighted by molar-refractivity contribution is 5.86. The molecule has 2 unspecified atom stereocenters. The van der Waals surface area contributed by atoms with Crippen LogP contribution in [0.2, 0.25) is 0 Å². The number of nitrogen functional groups attached to an aromatic ring is 1. The largest absolute Gasteiger partial charge is 0.390 e. The molecule has 18 heavy (non-hydrogen) atoms. The number of nitrogens with zero attached hydrogens (tertiary/aromatic N) is 3. The van der Waals surface area contributed by atoms with Gasteiger partial charge in [0.25, 0.3) is 0 Å². The lowest BCUT2D eigenvalue weighted by Gasteiger charge is -2.20. The first kappa shape index (κ1) is 10.2. The number of aliphatic hydroxyl groups is 2. The van der Waals surface area contributed by atoms with Crippen LogP contribution >= 0.6 is 0 Å². The Bertz CT molecular complexity index is 628. The number of ether oxygens (including phenoxy) is 1. The summed E-state index contributed by atoms with van der Waals surface area (Å²) in [7, 11) is 0. The lowest BCUT2D eigenvalue weighted by atomic mass is 10.2. The summed E-state index contributed by atoms with van der Waals surface area (Å²) in [6, 6.07) is 1.79. The molecule has 4 N–H and O–H groups in total. The van der Waals surface area contributed by atoms with E-state index in [2.05, 4.69) is 9.97 Å². The molecule has 2 aliphatic rings. The summed E-state index contributed by atoms with van der Waals surface area (Å²) < 4.78 is 7.35. The zero-order chi connectivity index (χ0) is 12.4. The molecule has 3 heterocycles. The van der Waals surface area contributed by atoms with E-state index >= 15 is 0 Å². The maximum Gasteiger partial charge on any atom is 0.162 e. The van der Waals surface area contributed by atoms with Gasteiger partial charge < -0.3 is 25.3 Å². The highest BCUT2D eigenvalue weighted by Gasteiger charge is 2.63. The molecule has 0 bridgehead atoms. The summed E-state index contributed by atoms with van der Waals surface area (Å²) in [5, 5.41) is 20.3. The fourth-order valence-corrected chi connectivity index (χ4v) is 2.71. The van der Waals surface area contributed by atoms with E-state index in [-0.39, 0.29) is 12.0 Å². The molecule has 0 amide bonds. The quantitative estimate of drug-likeness (QED) is 0.614. The summed E-state index contributed by atoms with van der Waals surface area (Å²) >= 11 is 0. The monoisotopic (exact) mass is 248 g/mol. The average molecular weight is 248 g/mol. The lowest BCUT2D eigenvalue weighted by molar-refractivity contribution is -0.0667. The van der Waals surface area contributed by atoms with E-state index in [0.29, 0.717) is 11.5 Å². The molecule has 94 valence electrons. The molecule has 2 fully saturated rings. The second-order valence-corrected chi connectivity index (χ2v) is 4.77. The minimum Gasteiger partial charge on any atom is -0.390 e. The number of aliphatic hydroxyl groups excluding tert-OH is 2. The topological polar surface area (TPSA) is 106 Å². The Morgan fingerprint density at radius 3 is 2.83 bits per heavy atom. The maximum atomic E-state index is 10.1. The first-order chi connectivity index (χ1) is 8.68. The van der Waals surface area contributed by atoms with E-state index in [1.54, 1.807) is 16.8 Å². The van der Waals surface area contributed by atoms with Gasteiger partial charge in [-0.2, -0.15) is 0 Å². The maximum absolute atomic E-state index is 10.1. The van der Waals surface area contributed by atoms with Crippen molar-refractivity contribution in [2.24, 2.45) is 5.92 Å². The molecule has 0 aromatic carbocycles. The third-order valence-corrected chi connectivity index (χ3v) is 3.77. The molecule has 1 aliphatic carbocycles. The molecule has 2 aromatic heterocycles. The Labute approximate surface area is 102 Å². The number of hydrogen-bond donors (Lipinski definition) is 3. The van der Waals surface area contributed by atoms with Gasteiger partial charge in [0.1, 0.15) is 23.9 Å². The third-order valence-electron chi connectivity index (χ3n) is 3.77. The molecule has 1 saturated heterocycles. The van der Waals surface area contributed by atoms with Gasteiger partial charge in [0.15, 0.2) is 6.23 Å². The number of fused-ring (bicyclic) bond motifs is 2. The highest BCUT2D eigenvalue weighted by atomic mass is 16.6. The van der Waals surface area contributed by atoms with Crippen LogP contribution < -0.4 is 5.73 Å². The number of rotatable bonds is 1. The zero-order valence-corrected chi connectivity index (χ0v) is 9.34. The van der Waals surface area contributed by atoms with Gasteiger partial charge in [-0.15, -0.1) is 0 Å². The van der Waals surface area contributed by atoms with Gasteiger partial charge >= 0.3 is 0 Å². The van der Waals surface area contributed by atoms with Crippen molar-refractivity contribution in [3.8, 4) is 0 Å². The molecule has 1 saturated carbocycles. The van der Waals surface area contributed by atoms with Gasteiger partial charge in [0, 0.05) is 12.1 Å². The smallest absolute Gasteiger partial charge is 0.162 e. The van der Waals surface area contributed by atoms with Crippen molar-refractivity contribution in [1.29, 1.82) is 0 Å². The van der Waals surface area contributed by atoms with Crippen molar-refractivity contribution in [2.75, 3.05) is 5.73 Å². The Balaban J connectivity index is 1.78. The van der Waals surface area contributed by atoms with Crippen LogP contribution in [0.1, 0.15) is 6.23 Å². The van der Waals surface area contributed by atoms with Crippen LogP contribution in [0.25, 0.3) is 11.0 Å². The van der Waals surface area contributed by atoms with Gasteiger partial charge in [-0.1, -0.05) is 0 Å². The van der Waals surface area contributed by atoms with Crippen molar-refractivity contribution in [3.05, 3.63) is 18.6 Å². The van der Waals surface area contributed by atoms with Gasteiger partial charge in [-0.3, -0.25) is 0 Å². The summed E-state index contributed by atoms with van der Waals surface area (Å²) in [4.78, 5) is 8.07. The molecule has 4 rings (SSSR count). The summed E-state index contributed by atoms with van der Waals surface area (Å²) in [6.07, 6.45) is 1.10. The minimum absolute atomic E-state index is 0.188. The normalized spacial score (nSPS) is 38.0. The van der Waals surface area contributed by atoms with Crippen molar-refractivity contribution in [2.45, 2.75) is 24.5 Å². The van der Waals surface area contributed by atoms with Crippen molar-refractivity contribution >= 4 is 16.9 Å². The molecular weight excluding hydrogens is 236 g/mol. The van der Waals surface area contributed by atoms with Gasteiger partial charge in [-0.05, 0) is 6.07 Å². The van der Waals surface area contributed by atoms with E-state index in [0.717, 1.165) is 5.39 Å².